The van der Waals surface area contributed by atoms with Crippen LogP contribution in [0.15, 0.2) is 122 Å². The highest BCUT2D eigenvalue weighted by Crippen LogP contribution is 2.42. The van der Waals surface area contributed by atoms with Gasteiger partial charge in [-0.05, 0) is 124 Å². The molecule has 0 amide bonds. The van der Waals surface area contributed by atoms with Gasteiger partial charge >= 0.3 is 0 Å². The van der Waals surface area contributed by atoms with Gasteiger partial charge in [0.05, 0.1) is 11.0 Å². The molecule has 0 saturated heterocycles. The van der Waals surface area contributed by atoms with Gasteiger partial charge in [-0.25, -0.2) is 0 Å². The highest BCUT2D eigenvalue weighted by atomic mass is 16.5. The monoisotopic (exact) mass is 582 g/mol. The van der Waals surface area contributed by atoms with Crippen molar-refractivity contribution < 1.29 is 9.47 Å². The Kier molecular flexibility index (Phi) is 5.46. The Morgan fingerprint density at radius 1 is 0.444 bits per heavy atom. The summed E-state index contributed by atoms with van der Waals surface area (Å²) in [6, 6.07) is 36.5. The molecule has 1 aliphatic rings. The van der Waals surface area contributed by atoms with Crippen LogP contribution in [0.4, 0.5) is 11.4 Å². The Morgan fingerprint density at radius 3 is 1.36 bits per heavy atom. The lowest BCUT2D eigenvalue weighted by Gasteiger charge is -2.10. The second kappa shape index (κ2) is 9.69. The van der Waals surface area contributed by atoms with Gasteiger partial charge in [0.25, 0.3) is 0 Å². The predicted octanol–water partition coefficient (Wildman–Crippen LogP) is 9.41. The van der Waals surface area contributed by atoms with Crippen LogP contribution in [0.5, 0.6) is 23.0 Å². The number of hydrogen-bond acceptors (Lipinski definition) is 6. The standard InChI is InChI=1S/C39H26N4O2/c40-26-1-7-36-34-11-5-30(16-24(34)20-42-38(36)18-26)44-28-3-9-32-22(14-28)13-23-15-29(4-10-33(23)32)45-31-6-12-35-25(17-31)21-43-39-19-27(41)2-8-37(35)39/h1-12,14-21H,13,40-41H2. The number of aromatic nitrogens is 2. The quantitative estimate of drug-likeness (QED) is 0.158. The van der Waals surface area contributed by atoms with Gasteiger partial charge in [-0.1, -0.05) is 24.3 Å². The third-order valence-corrected chi connectivity index (χ3v) is 8.65. The molecular weight excluding hydrogens is 556 g/mol. The molecule has 6 aromatic carbocycles. The van der Waals surface area contributed by atoms with E-state index < -0.39 is 0 Å². The smallest absolute Gasteiger partial charge is 0.128 e. The molecular formula is C39H26N4O2. The van der Waals surface area contributed by atoms with Gasteiger partial charge in [0.2, 0.25) is 0 Å². The number of nitrogen functional groups attached to an aromatic ring is 2. The number of rotatable bonds is 4. The van der Waals surface area contributed by atoms with E-state index in [0.29, 0.717) is 11.4 Å². The predicted molar refractivity (Wildman–Crippen MR) is 182 cm³/mol. The molecule has 6 heteroatoms. The summed E-state index contributed by atoms with van der Waals surface area (Å²) >= 11 is 0. The van der Waals surface area contributed by atoms with Crippen molar-refractivity contribution in [1.82, 2.24) is 9.97 Å². The number of hydrogen-bond donors (Lipinski definition) is 2. The third-order valence-electron chi connectivity index (χ3n) is 8.65. The topological polar surface area (TPSA) is 96.3 Å². The summed E-state index contributed by atoms with van der Waals surface area (Å²) in [4.78, 5) is 9.19. The van der Waals surface area contributed by atoms with Crippen LogP contribution >= 0.6 is 0 Å². The van der Waals surface area contributed by atoms with Crippen molar-refractivity contribution in [1.29, 1.82) is 0 Å². The number of ether oxygens (including phenoxy) is 2. The number of nitrogens with two attached hydrogens (primary N) is 2. The Hall–Kier alpha value is -6.14. The van der Waals surface area contributed by atoms with Crippen molar-refractivity contribution in [3.05, 3.63) is 133 Å². The van der Waals surface area contributed by atoms with E-state index in [9.17, 15) is 0 Å². The van der Waals surface area contributed by atoms with Gasteiger partial charge in [0.15, 0.2) is 0 Å². The lowest BCUT2D eigenvalue weighted by atomic mass is 10.1. The van der Waals surface area contributed by atoms with Crippen molar-refractivity contribution in [2.45, 2.75) is 6.42 Å². The molecule has 0 bridgehead atoms. The van der Waals surface area contributed by atoms with E-state index in [4.69, 9.17) is 20.9 Å². The minimum Gasteiger partial charge on any atom is -0.457 e. The van der Waals surface area contributed by atoms with E-state index in [1.165, 1.54) is 22.3 Å². The first kappa shape index (κ1) is 25.4. The van der Waals surface area contributed by atoms with E-state index in [-0.39, 0.29) is 0 Å². The molecule has 0 fully saturated rings. The van der Waals surface area contributed by atoms with Crippen LogP contribution in [0.1, 0.15) is 11.1 Å². The third kappa shape index (κ3) is 4.34. The fraction of sp³-hybridized carbons (Fsp3) is 0.0256. The van der Waals surface area contributed by atoms with Gasteiger partial charge in [-0.15, -0.1) is 0 Å². The summed E-state index contributed by atoms with van der Waals surface area (Å²) in [5.41, 5.74) is 20.0. The minimum atomic E-state index is 0.709. The van der Waals surface area contributed by atoms with E-state index in [0.717, 1.165) is 72.8 Å². The highest BCUT2D eigenvalue weighted by Gasteiger charge is 2.20. The van der Waals surface area contributed by atoms with Crippen molar-refractivity contribution in [3.8, 4) is 34.1 Å². The lowest BCUT2D eigenvalue weighted by Crippen LogP contribution is -1.89. The maximum Gasteiger partial charge on any atom is 0.128 e. The molecule has 6 nitrogen and oxygen atoms in total. The molecule has 45 heavy (non-hydrogen) atoms. The summed E-state index contributed by atoms with van der Waals surface area (Å²) < 4.78 is 12.7. The Balaban J connectivity index is 0.953. The van der Waals surface area contributed by atoms with E-state index in [1.807, 2.05) is 85.2 Å². The normalized spacial score (nSPS) is 12.1. The number of benzene rings is 6. The molecule has 0 spiro atoms. The first-order valence-electron chi connectivity index (χ1n) is 14.8. The molecule has 4 N–H and O–H groups in total. The van der Waals surface area contributed by atoms with E-state index in [1.54, 1.807) is 0 Å². The molecule has 8 aromatic rings. The van der Waals surface area contributed by atoms with Crippen LogP contribution in [0, 0.1) is 0 Å². The minimum absolute atomic E-state index is 0.709. The van der Waals surface area contributed by atoms with Crippen molar-refractivity contribution in [2.24, 2.45) is 0 Å². The zero-order valence-corrected chi connectivity index (χ0v) is 24.1. The molecule has 9 rings (SSSR count). The van der Waals surface area contributed by atoms with Crippen molar-refractivity contribution >= 4 is 54.7 Å². The first-order valence-corrected chi connectivity index (χ1v) is 14.8. The van der Waals surface area contributed by atoms with Gasteiger partial charge in [0.1, 0.15) is 23.0 Å². The Morgan fingerprint density at radius 2 is 0.867 bits per heavy atom. The summed E-state index contributed by atoms with van der Waals surface area (Å²) in [5.74, 6) is 3.15. The van der Waals surface area contributed by atoms with Crippen LogP contribution in [0.2, 0.25) is 0 Å². The van der Waals surface area contributed by atoms with Crippen LogP contribution < -0.4 is 20.9 Å². The molecule has 0 unspecified atom stereocenters. The van der Waals surface area contributed by atoms with E-state index >= 15 is 0 Å². The van der Waals surface area contributed by atoms with Gasteiger partial charge in [-0.3, -0.25) is 9.97 Å². The van der Waals surface area contributed by atoms with Gasteiger partial charge in [-0.2, -0.15) is 0 Å². The summed E-state index contributed by atoms with van der Waals surface area (Å²) in [6.07, 6.45) is 4.55. The Labute approximate surface area is 258 Å². The molecule has 0 radical (unpaired) electrons. The molecule has 0 saturated carbocycles. The van der Waals surface area contributed by atoms with Crippen LogP contribution in [-0.2, 0) is 6.42 Å². The van der Waals surface area contributed by atoms with Gasteiger partial charge in [0, 0.05) is 45.3 Å². The second-order valence-electron chi connectivity index (χ2n) is 11.6. The summed E-state index contributed by atoms with van der Waals surface area (Å²) in [6.45, 7) is 0. The Bertz CT molecular complexity index is 2330. The average Bonchev–Trinajstić information content (AvgIpc) is 3.41. The fourth-order valence-corrected chi connectivity index (χ4v) is 6.52. The lowest BCUT2D eigenvalue weighted by molar-refractivity contribution is 0.483. The highest BCUT2D eigenvalue weighted by molar-refractivity contribution is 6.07. The van der Waals surface area contributed by atoms with E-state index in [2.05, 4.69) is 46.4 Å². The SMILES string of the molecule is Nc1ccc2c(c1)ncc1cc(Oc3ccc4c(c3)Cc3cc(Oc5ccc6c(cnc7cc(N)ccc76)c5)ccc3-4)ccc12. The molecule has 2 heterocycles. The fourth-order valence-electron chi connectivity index (χ4n) is 6.52. The molecule has 1 aliphatic carbocycles. The molecule has 0 atom stereocenters. The second-order valence-corrected chi connectivity index (χ2v) is 11.6. The number of anilines is 2. The number of fused-ring (bicyclic) bond motifs is 9. The van der Waals surface area contributed by atoms with Crippen LogP contribution in [-0.4, -0.2) is 9.97 Å². The number of pyridine rings is 2. The zero-order valence-electron chi connectivity index (χ0n) is 24.1. The van der Waals surface area contributed by atoms with Crippen molar-refractivity contribution in [3.63, 3.8) is 0 Å². The summed E-state index contributed by atoms with van der Waals surface area (Å²) in [7, 11) is 0. The maximum absolute atomic E-state index is 6.33. The number of nitrogens with zero attached hydrogens (tertiary/aromatic N) is 2. The van der Waals surface area contributed by atoms with Crippen molar-refractivity contribution in [2.75, 3.05) is 11.5 Å². The largest absolute Gasteiger partial charge is 0.457 e. The van der Waals surface area contributed by atoms with Crippen LogP contribution in [0.25, 0.3) is 54.5 Å². The van der Waals surface area contributed by atoms with Crippen LogP contribution in [0.3, 0.4) is 0 Å². The summed E-state index contributed by atoms with van der Waals surface area (Å²) in [5, 5.41) is 6.43. The molecule has 2 aromatic heterocycles. The molecule has 214 valence electrons. The molecule has 0 aliphatic heterocycles. The first-order chi connectivity index (χ1) is 22.0. The zero-order chi connectivity index (χ0) is 30.1. The van der Waals surface area contributed by atoms with Gasteiger partial charge < -0.3 is 20.9 Å². The maximum atomic E-state index is 6.33. The average molecular weight is 583 g/mol.